The quantitative estimate of drug-likeness (QED) is 0.630. The van der Waals surface area contributed by atoms with E-state index in [4.69, 9.17) is 11.6 Å². The van der Waals surface area contributed by atoms with Gasteiger partial charge in [-0.15, -0.1) is 10.2 Å². The molecule has 2 aromatic heterocycles. The number of nitrogens with zero attached hydrogens (tertiary/aromatic N) is 4. The molecule has 1 N–H and O–H groups in total. The molecule has 0 amide bonds. The predicted molar refractivity (Wildman–Crippen MR) is 85.7 cm³/mol. The summed E-state index contributed by atoms with van der Waals surface area (Å²) < 4.78 is 2.21. The number of H-pyrrole nitrogens is 1. The van der Waals surface area contributed by atoms with Gasteiger partial charge in [-0.05, 0) is 47.2 Å². The molecule has 0 saturated carbocycles. The van der Waals surface area contributed by atoms with E-state index in [-0.39, 0.29) is 0 Å². The zero-order chi connectivity index (χ0) is 14.9. The van der Waals surface area contributed by atoms with Crippen molar-refractivity contribution in [3.8, 4) is 11.4 Å². The summed E-state index contributed by atoms with van der Waals surface area (Å²) in [5, 5.41) is 16.0. The lowest BCUT2D eigenvalue weighted by molar-refractivity contribution is 0.837. The fourth-order valence-electron chi connectivity index (χ4n) is 2.55. The molecular weight excluding hydrogens is 298 g/mol. The van der Waals surface area contributed by atoms with Crippen molar-refractivity contribution in [3.05, 3.63) is 65.3 Å². The molecule has 6 heteroatoms. The highest BCUT2D eigenvalue weighted by Gasteiger charge is 2.07. The highest BCUT2D eigenvalue weighted by molar-refractivity contribution is 6.30. The van der Waals surface area contributed by atoms with Gasteiger partial charge in [-0.25, -0.2) is 0 Å². The average molecular weight is 310 g/mol. The molecule has 0 saturated heterocycles. The molecule has 2 aromatic carbocycles. The van der Waals surface area contributed by atoms with Gasteiger partial charge in [-0.2, -0.15) is 5.21 Å². The first-order chi connectivity index (χ1) is 10.8. The van der Waals surface area contributed by atoms with Crippen molar-refractivity contribution in [2.45, 2.75) is 6.54 Å². The fraction of sp³-hybridized carbons (Fsp3) is 0.0625. The Kier molecular flexibility index (Phi) is 3.12. The maximum absolute atomic E-state index is 5.93. The van der Waals surface area contributed by atoms with Crippen LogP contribution in [0.15, 0.2) is 54.7 Å². The van der Waals surface area contributed by atoms with Gasteiger partial charge in [-0.1, -0.05) is 23.7 Å². The number of benzene rings is 2. The Hall–Kier alpha value is -2.66. The molecule has 4 aromatic rings. The first-order valence-corrected chi connectivity index (χ1v) is 7.24. The van der Waals surface area contributed by atoms with Gasteiger partial charge in [0.15, 0.2) is 0 Å². The molecule has 108 valence electrons. The van der Waals surface area contributed by atoms with Crippen LogP contribution in [0.5, 0.6) is 0 Å². The lowest BCUT2D eigenvalue weighted by atomic mass is 10.1. The van der Waals surface area contributed by atoms with Gasteiger partial charge >= 0.3 is 0 Å². The second-order valence-electron chi connectivity index (χ2n) is 5.08. The summed E-state index contributed by atoms with van der Waals surface area (Å²) in [5.41, 5.74) is 3.33. The largest absolute Gasteiger partial charge is 0.343 e. The van der Waals surface area contributed by atoms with Crippen LogP contribution in [0.2, 0.25) is 5.02 Å². The van der Waals surface area contributed by atoms with Gasteiger partial charge in [0.2, 0.25) is 5.82 Å². The maximum atomic E-state index is 5.93. The van der Waals surface area contributed by atoms with Crippen LogP contribution < -0.4 is 0 Å². The van der Waals surface area contributed by atoms with Gasteiger partial charge < -0.3 is 4.57 Å². The minimum Gasteiger partial charge on any atom is -0.343 e. The Balaban J connectivity index is 1.69. The van der Waals surface area contributed by atoms with Gasteiger partial charge in [0, 0.05) is 34.2 Å². The average Bonchev–Trinajstić information content (AvgIpc) is 3.19. The van der Waals surface area contributed by atoms with Crippen molar-refractivity contribution in [2.75, 3.05) is 0 Å². The Morgan fingerprint density at radius 2 is 1.91 bits per heavy atom. The zero-order valence-corrected chi connectivity index (χ0v) is 12.3. The van der Waals surface area contributed by atoms with E-state index >= 15 is 0 Å². The van der Waals surface area contributed by atoms with E-state index in [9.17, 15) is 0 Å². The highest BCUT2D eigenvalue weighted by atomic mass is 35.5. The number of rotatable bonds is 3. The van der Waals surface area contributed by atoms with E-state index in [1.165, 1.54) is 11.1 Å². The van der Waals surface area contributed by atoms with Gasteiger partial charge in [0.1, 0.15) is 0 Å². The van der Waals surface area contributed by atoms with Crippen molar-refractivity contribution in [3.63, 3.8) is 0 Å². The standard InChI is InChI=1S/C16H12ClN5/c17-14-4-1-11(2-5-14)10-22-8-7-12-9-13(3-6-15(12)22)16-18-20-21-19-16/h1-9H,10H2,(H,18,19,20,21). The summed E-state index contributed by atoms with van der Waals surface area (Å²) in [5.74, 6) is 0.604. The summed E-state index contributed by atoms with van der Waals surface area (Å²) in [4.78, 5) is 0. The fourth-order valence-corrected chi connectivity index (χ4v) is 2.67. The van der Waals surface area contributed by atoms with Crippen molar-refractivity contribution in [1.29, 1.82) is 0 Å². The Labute approximate surface area is 131 Å². The summed E-state index contributed by atoms with van der Waals surface area (Å²) in [6.45, 7) is 0.808. The number of tetrazole rings is 1. The molecule has 0 spiro atoms. The van der Waals surface area contributed by atoms with Crippen molar-refractivity contribution in [1.82, 2.24) is 25.2 Å². The molecule has 0 aliphatic rings. The molecular formula is C16H12ClN5. The van der Waals surface area contributed by atoms with Crippen molar-refractivity contribution >= 4 is 22.5 Å². The Morgan fingerprint density at radius 3 is 2.68 bits per heavy atom. The van der Waals surface area contributed by atoms with E-state index in [1.807, 2.05) is 30.3 Å². The normalized spacial score (nSPS) is 11.1. The van der Waals surface area contributed by atoms with Crippen LogP contribution in [0.1, 0.15) is 5.56 Å². The molecule has 2 heterocycles. The molecule has 5 nitrogen and oxygen atoms in total. The van der Waals surface area contributed by atoms with E-state index in [0.717, 1.165) is 22.5 Å². The van der Waals surface area contributed by atoms with Crippen LogP contribution in [0.25, 0.3) is 22.3 Å². The lowest BCUT2D eigenvalue weighted by Gasteiger charge is -2.06. The molecule has 0 bridgehead atoms. The molecule has 0 radical (unpaired) electrons. The molecule has 0 atom stereocenters. The van der Waals surface area contributed by atoms with Gasteiger partial charge in [0.05, 0.1) is 0 Å². The topological polar surface area (TPSA) is 59.4 Å². The van der Waals surface area contributed by atoms with Crippen LogP contribution in [0.3, 0.4) is 0 Å². The van der Waals surface area contributed by atoms with Gasteiger partial charge in [0.25, 0.3) is 0 Å². The number of nitrogens with one attached hydrogen (secondary N) is 1. The first kappa shape index (κ1) is 13.0. The third-order valence-corrected chi connectivity index (χ3v) is 3.89. The van der Waals surface area contributed by atoms with Crippen LogP contribution in [0, 0.1) is 0 Å². The SMILES string of the molecule is Clc1ccc(Cn2ccc3cc(-c4nn[nH]n4)ccc32)cc1. The predicted octanol–water partition coefficient (Wildman–Crippen LogP) is 3.52. The summed E-state index contributed by atoms with van der Waals surface area (Å²) in [6, 6.07) is 16.2. The minimum absolute atomic E-state index is 0.604. The van der Waals surface area contributed by atoms with E-state index in [1.54, 1.807) is 0 Å². The zero-order valence-electron chi connectivity index (χ0n) is 11.6. The number of aromatic amines is 1. The number of hydrogen-bond donors (Lipinski definition) is 1. The van der Waals surface area contributed by atoms with Crippen LogP contribution in [-0.4, -0.2) is 25.2 Å². The molecule has 0 aliphatic heterocycles. The molecule has 22 heavy (non-hydrogen) atoms. The Morgan fingerprint density at radius 1 is 1.05 bits per heavy atom. The van der Waals surface area contributed by atoms with E-state index in [2.05, 4.69) is 49.6 Å². The smallest absolute Gasteiger partial charge is 0.204 e. The second kappa shape index (κ2) is 5.27. The first-order valence-electron chi connectivity index (χ1n) is 6.87. The van der Waals surface area contributed by atoms with E-state index < -0.39 is 0 Å². The monoisotopic (exact) mass is 309 g/mol. The van der Waals surface area contributed by atoms with Crippen LogP contribution in [0.4, 0.5) is 0 Å². The van der Waals surface area contributed by atoms with Crippen LogP contribution >= 0.6 is 11.6 Å². The van der Waals surface area contributed by atoms with E-state index in [0.29, 0.717) is 5.82 Å². The number of fused-ring (bicyclic) bond motifs is 1. The highest BCUT2D eigenvalue weighted by Crippen LogP contribution is 2.23. The summed E-state index contributed by atoms with van der Waals surface area (Å²) in [6.07, 6.45) is 2.08. The van der Waals surface area contributed by atoms with Gasteiger partial charge in [-0.3, -0.25) is 0 Å². The van der Waals surface area contributed by atoms with Crippen LogP contribution in [-0.2, 0) is 6.54 Å². The lowest BCUT2D eigenvalue weighted by Crippen LogP contribution is -1.97. The Bertz CT molecular complexity index is 910. The summed E-state index contributed by atoms with van der Waals surface area (Å²) in [7, 11) is 0. The van der Waals surface area contributed by atoms with Crippen molar-refractivity contribution < 1.29 is 0 Å². The van der Waals surface area contributed by atoms with Crippen molar-refractivity contribution in [2.24, 2.45) is 0 Å². The number of aromatic nitrogens is 5. The molecule has 0 fully saturated rings. The molecule has 4 rings (SSSR count). The minimum atomic E-state index is 0.604. The number of hydrogen-bond acceptors (Lipinski definition) is 3. The summed E-state index contributed by atoms with van der Waals surface area (Å²) >= 11 is 5.93. The maximum Gasteiger partial charge on any atom is 0.204 e. The molecule has 0 unspecified atom stereocenters. The second-order valence-corrected chi connectivity index (χ2v) is 5.52. The molecule has 0 aliphatic carbocycles. The number of halogens is 1. The third kappa shape index (κ3) is 2.35. The third-order valence-electron chi connectivity index (χ3n) is 3.64.